The summed E-state index contributed by atoms with van der Waals surface area (Å²) in [6.45, 7) is 6.75. The summed E-state index contributed by atoms with van der Waals surface area (Å²) in [5.41, 5.74) is 0. The van der Waals surface area contributed by atoms with Gasteiger partial charge in [-0.15, -0.1) is 0 Å². The summed E-state index contributed by atoms with van der Waals surface area (Å²) in [6, 6.07) is 0. The number of ether oxygens (including phenoxy) is 3. The first-order valence-corrected chi connectivity index (χ1v) is 5.03. The van der Waals surface area contributed by atoms with Crippen LogP contribution in [-0.4, -0.2) is 54.7 Å². The summed E-state index contributed by atoms with van der Waals surface area (Å²) in [4.78, 5) is 31.0. The van der Waals surface area contributed by atoms with Crippen molar-refractivity contribution in [3.8, 4) is 0 Å². The summed E-state index contributed by atoms with van der Waals surface area (Å²) in [5.74, 6) is -1.98. The summed E-state index contributed by atoms with van der Waals surface area (Å²) in [7, 11) is 0. The monoisotopic (exact) mass is 276 g/mol. The first kappa shape index (κ1) is 19.3. The van der Waals surface area contributed by atoms with Crippen molar-refractivity contribution in [3.63, 3.8) is 0 Å². The third-order valence-electron chi connectivity index (χ3n) is 1.17. The minimum atomic E-state index is -1.40. The molecule has 0 aliphatic rings. The molecule has 0 aliphatic heterocycles. The number of esters is 2. The van der Waals surface area contributed by atoms with Crippen LogP contribution in [0.4, 0.5) is 4.79 Å². The molecule has 0 atom stereocenters. The van der Waals surface area contributed by atoms with Crippen molar-refractivity contribution in [1.82, 2.24) is 0 Å². The van der Waals surface area contributed by atoms with Gasteiger partial charge < -0.3 is 24.4 Å². The fourth-order valence-corrected chi connectivity index (χ4v) is 0.500. The van der Waals surface area contributed by atoms with Crippen LogP contribution in [0, 0.1) is 0 Å². The van der Waals surface area contributed by atoms with Gasteiger partial charge in [-0.3, -0.25) is 0 Å². The van der Waals surface area contributed by atoms with Crippen LogP contribution in [0.5, 0.6) is 0 Å². The highest BCUT2D eigenvalue weighted by Crippen LogP contribution is 1.88. The summed E-state index contributed by atoms with van der Waals surface area (Å²) in [6.07, 6.45) is 0.129. The molecule has 0 aromatic heterocycles. The Morgan fingerprint density at radius 1 is 0.895 bits per heavy atom. The second kappa shape index (κ2) is 14.0. The Kier molecular flexibility index (Phi) is 14.3. The molecule has 0 bridgehead atoms. The zero-order chi connectivity index (χ0) is 15.1. The van der Waals surface area contributed by atoms with E-state index in [1.807, 2.05) is 0 Å². The normalized spacial score (nSPS) is 8.53. The molecule has 0 heterocycles. The van der Waals surface area contributed by atoms with Gasteiger partial charge in [-0.2, -0.15) is 0 Å². The molecule has 0 amide bonds. The van der Waals surface area contributed by atoms with E-state index in [1.54, 1.807) is 0 Å². The van der Waals surface area contributed by atoms with Gasteiger partial charge in [-0.05, 0) is 0 Å². The van der Waals surface area contributed by atoms with Crippen LogP contribution < -0.4 is 0 Å². The van der Waals surface area contributed by atoms with Gasteiger partial charge in [-0.25, -0.2) is 14.4 Å². The Bertz CT molecular complexity index is 282. The topological polar surface area (TPSA) is 119 Å². The highest BCUT2D eigenvalue weighted by atomic mass is 16.8. The maximum absolute atomic E-state index is 10.4. The van der Waals surface area contributed by atoms with Gasteiger partial charge in [0, 0.05) is 12.2 Å². The fraction of sp³-hybridized carbons (Fsp3) is 0.364. The SMILES string of the molecule is C=CC(=O)OC(=O)OC(=O)C=C.OCCOCCO. The highest BCUT2D eigenvalue weighted by molar-refractivity contribution is 5.95. The van der Waals surface area contributed by atoms with E-state index in [1.165, 1.54) is 0 Å². The van der Waals surface area contributed by atoms with Crippen molar-refractivity contribution < 1.29 is 38.8 Å². The lowest BCUT2D eigenvalue weighted by molar-refractivity contribution is -0.140. The van der Waals surface area contributed by atoms with Crippen molar-refractivity contribution in [2.45, 2.75) is 0 Å². The van der Waals surface area contributed by atoms with Crippen LogP contribution in [0.2, 0.25) is 0 Å². The molecule has 8 nitrogen and oxygen atoms in total. The molecule has 0 rings (SSSR count). The lowest BCUT2D eigenvalue weighted by Gasteiger charge is -1.96. The minimum Gasteiger partial charge on any atom is -0.394 e. The van der Waals surface area contributed by atoms with Gasteiger partial charge >= 0.3 is 18.1 Å². The molecule has 19 heavy (non-hydrogen) atoms. The van der Waals surface area contributed by atoms with Crippen LogP contribution >= 0.6 is 0 Å². The number of rotatable bonds is 6. The van der Waals surface area contributed by atoms with Crippen LogP contribution in [-0.2, 0) is 23.8 Å². The quantitative estimate of drug-likeness (QED) is 0.290. The summed E-state index contributed by atoms with van der Waals surface area (Å²) < 4.78 is 12.4. The predicted molar refractivity (Wildman–Crippen MR) is 63.0 cm³/mol. The van der Waals surface area contributed by atoms with Gasteiger partial charge in [0.25, 0.3) is 0 Å². The van der Waals surface area contributed by atoms with Crippen molar-refractivity contribution in [2.24, 2.45) is 0 Å². The lowest BCUT2D eigenvalue weighted by atomic mass is 10.6. The molecular formula is C11H16O8. The molecule has 8 heteroatoms. The van der Waals surface area contributed by atoms with Gasteiger partial charge in [0.1, 0.15) is 0 Å². The molecule has 0 radical (unpaired) electrons. The summed E-state index contributed by atoms with van der Waals surface area (Å²) in [5, 5.41) is 16.2. The Labute approximate surface area is 109 Å². The smallest absolute Gasteiger partial charge is 0.394 e. The number of aliphatic hydroxyl groups is 2. The number of aliphatic hydroxyl groups excluding tert-OH is 2. The largest absolute Gasteiger partial charge is 0.524 e. The van der Waals surface area contributed by atoms with E-state index in [2.05, 4.69) is 27.4 Å². The molecule has 0 aromatic rings. The van der Waals surface area contributed by atoms with Crippen LogP contribution in [0.3, 0.4) is 0 Å². The van der Waals surface area contributed by atoms with Crippen LogP contribution in [0.25, 0.3) is 0 Å². The zero-order valence-electron chi connectivity index (χ0n) is 10.2. The highest BCUT2D eigenvalue weighted by Gasteiger charge is 2.11. The van der Waals surface area contributed by atoms with E-state index < -0.39 is 18.1 Å². The summed E-state index contributed by atoms with van der Waals surface area (Å²) >= 11 is 0. The molecular weight excluding hydrogens is 260 g/mol. The first-order chi connectivity index (χ1) is 9.01. The van der Waals surface area contributed by atoms with Crippen molar-refractivity contribution in [2.75, 3.05) is 26.4 Å². The second-order valence-electron chi connectivity index (χ2n) is 2.56. The molecule has 0 unspecified atom stereocenters. The Balaban J connectivity index is 0. The molecule has 2 N–H and O–H groups in total. The van der Waals surface area contributed by atoms with E-state index >= 15 is 0 Å². The van der Waals surface area contributed by atoms with E-state index in [0.29, 0.717) is 13.2 Å². The van der Waals surface area contributed by atoms with Gasteiger partial charge in [0.05, 0.1) is 26.4 Å². The Hall–Kier alpha value is -2.03. The fourth-order valence-electron chi connectivity index (χ4n) is 0.500. The van der Waals surface area contributed by atoms with Crippen molar-refractivity contribution in [3.05, 3.63) is 25.3 Å². The molecule has 0 fully saturated rings. The molecule has 0 aromatic carbocycles. The number of hydrogen-bond acceptors (Lipinski definition) is 8. The van der Waals surface area contributed by atoms with E-state index in [4.69, 9.17) is 10.2 Å². The Morgan fingerprint density at radius 2 is 1.26 bits per heavy atom. The average molecular weight is 276 g/mol. The molecule has 0 spiro atoms. The standard InChI is InChI=1S/C7H6O5.C4H10O3/c1-3-5(8)11-7(10)12-6(9)4-2;5-1-3-7-4-2-6/h3-4H,1-2H2;5-6H,1-4H2. The van der Waals surface area contributed by atoms with Gasteiger partial charge in [0.15, 0.2) is 0 Å². The third kappa shape index (κ3) is 16.0. The van der Waals surface area contributed by atoms with Crippen molar-refractivity contribution in [1.29, 1.82) is 0 Å². The average Bonchev–Trinajstić information content (AvgIpc) is 2.39. The van der Waals surface area contributed by atoms with Crippen molar-refractivity contribution >= 4 is 18.1 Å². The molecule has 0 aliphatic carbocycles. The van der Waals surface area contributed by atoms with Crippen LogP contribution in [0.1, 0.15) is 0 Å². The van der Waals surface area contributed by atoms with Gasteiger partial charge in [-0.1, -0.05) is 13.2 Å². The number of hydrogen-bond donors (Lipinski definition) is 2. The molecule has 108 valence electrons. The lowest BCUT2D eigenvalue weighted by Crippen LogP contribution is -2.14. The Morgan fingerprint density at radius 3 is 1.53 bits per heavy atom. The molecule has 0 saturated carbocycles. The zero-order valence-corrected chi connectivity index (χ0v) is 10.2. The maximum Gasteiger partial charge on any atom is 0.524 e. The third-order valence-corrected chi connectivity index (χ3v) is 1.17. The van der Waals surface area contributed by atoms with E-state index in [9.17, 15) is 14.4 Å². The number of carbonyl (C=O) groups excluding carboxylic acids is 3. The van der Waals surface area contributed by atoms with Gasteiger partial charge in [0.2, 0.25) is 0 Å². The maximum atomic E-state index is 10.4. The predicted octanol–water partition coefficient (Wildman–Crippen LogP) is -0.448. The second-order valence-corrected chi connectivity index (χ2v) is 2.56. The van der Waals surface area contributed by atoms with E-state index in [-0.39, 0.29) is 13.2 Å². The first-order valence-electron chi connectivity index (χ1n) is 5.03. The van der Waals surface area contributed by atoms with E-state index in [0.717, 1.165) is 12.2 Å². The molecule has 0 saturated heterocycles. The van der Waals surface area contributed by atoms with Crippen LogP contribution in [0.15, 0.2) is 25.3 Å². The number of carbonyl (C=O) groups is 3. The minimum absolute atomic E-state index is 0.0278.